The molecule has 0 atom stereocenters. The monoisotopic (exact) mass is 221 g/mol. The van der Waals surface area contributed by atoms with Crippen LogP contribution in [-0.4, -0.2) is 34.7 Å². The van der Waals surface area contributed by atoms with E-state index in [0.717, 1.165) is 38.2 Å². The van der Waals surface area contributed by atoms with Crippen molar-refractivity contribution in [1.29, 1.82) is 0 Å². The van der Waals surface area contributed by atoms with Crippen molar-refractivity contribution in [1.82, 2.24) is 9.88 Å². The van der Waals surface area contributed by atoms with E-state index in [1.807, 2.05) is 18.2 Å². The molecule has 4 nitrogen and oxygen atoms in total. The molecule has 88 valence electrons. The van der Waals surface area contributed by atoms with Gasteiger partial charge in [0.2, 0.25) is 0 Å². The molecule has 0 unspecified atom stereocenters. The number of nitrogens with two attached hydrogens (primary N) is 1. The van der Waals surface area contributed by atoms with E-state index in [1.54, 1.807) is 0 Å². The highest BCUT2D eigenvalue weighted by molar-refractivity contribution is 5.28. The van der Waals surface area contributed by atoms with Crippen LogP contribution in [0.3, 0.4) is 0 Å². The van der Waals surface area contributed by atoms with Crippen molar-refractivity contribution in [2.45, 2.75) is 19.4 Å². The van der Waals surface area contributed by atoms with Crippen molar-refractivity contribution < 1.29 is 5.11 Å². The highest BCUT2D eigenvalue weighted by Crippen LogP contribution is 2.17. The minimum atomic E-state index is 0.324. The van der Waals surface area contributed by atoms with E-state index in [0.29, 0.717) is 18.3 Å². The van der Waals surface area contributed by atoms with Gasteiger partial charge in [0.1, 0.15) is 5.82 Å². The Kier molecular flexibility index (Phi) is 3.74. The molecular weight excluding hydrogens is 202 g/mol. The zero-order valence-corrected chi connectivity index (χ0v) is 9.47. The lowest BCUT2D eigenvalue weighted by atomic mass is 9.98. The SMILES string of the molecule is Nc1cccc(CN2CCC(CO)CC2)n1. The van der Waals surface area contributed by atoms with Crippen molar-refractivity contribution >= 4 is 5.82 Å². The Labute approximate surface area is 96.1 Å². The summed E-state index contributed by atoms with van der Waals surface area (Å²) in [6.45, 7) is 3.27. The van der Waals surface area contributed by atoms with Crippen LogP contribution in [0.25, 0.3) is 0 Å². The Balaban J connectivity index is 1.87. The van der Waals surface area contributed by atoms with Gasteiger partial charge in [-0.3, -0.25) is 4.90 Å². The quantitative estimate of drug-likeness (QED) is 0.795. The molecule has 1 aliphatic rings. The van der Waals surface area contributed by atoms with Crippen molar-refractivity contribution in [2.75, 3.05) is 25.4 Å². The molecule has 1 aromatic heterocycles. The molecule has 0 aliphatic carbocycles. The predicted molar refractivity (Wildman–Crippen MR) is 63.7 cm³/mol. The zero-order valence-electron chi connectivity index (χ0n) is 9.47. The Morgan fingerprint density at radius 3 is 2.75 bits per heavy atom. The lowest BCUT2D eigenvalue weighted by Gasteiger charge is -2.30. The van der Waals surface area contributed by atoms with E-state index < -0.39 is 0 Å². The molecule has 0 bridgehead atoms. The number of pyridine rings is 1. The number of likely N-dealkylation sites (tertiary alicyclic amines) is 1. The standard InChI is InChI=1S/C12H19N3O/c13-12-3-1-2-11(14-12)8-15-6-4-10(9-16)5-7-15/h1-3,10,16H,4-9H2,(H2,13,14). The van der Waals surface area contributed by atoms with Crippen LogP contribution in [-0.2, 0) is 6.54 Å². The van der Waals surface area contributed by atoms with Gasteiger partial charge in [-0.25, -0.2) is 4.98 Å². The molecule has 1 aromatic rings. The zero-order chi connectivity index (χ0) is 11.4. The molecule has 2 rings (SSSR count). The minimum absolute atomic E-state index is 0.324. The van der Waals surface area contributed by atoms with E-state index in [2.05, 4.69) is 9.88 Å². The van der Waals surface area contributed by atoms with Crippen LogP contribution < -0.4 is 5.73 Å². The second kappa shape index (κ2) is 5.27. The normalized spacial score (nSPS) is 18.8. The molecule has 1 saturated heterocycles. The molecule has 0 saturated carbocycles. The summed E-state index contributed by atoms with van der Waals surface area (Å²) in [5, 5.41) is 9.06. The number of hydrogen-bond donors (Lipinski definition) is 2. The van der Waals surface area contributed by atoms with Crippen LogP contribution in [0.2, 0.25) is 0 Å². The summed E-state index contributed by atoms with van der Waals surface area (Å²) in [5.41, 5.74) is 6.67. The van der Waals surface area contributed by atoms with Gasteiger partial charge in [-0.15, -0.1) is 0 Å². The van der Waals surface area contributed by atoms with Crippen LogP contribution >= 0.6 is 0 Å². The number of rotatable bonds is 3. The number of anilines is 1. The topological polar surface area (TPSA) is 62.4 Å². The van der Waals surface area contributed by atoms with Crippen LogP contribution in [0, 0.1) is 5.92 Å². The van der Waals surface area contributed by atoms with E-state index in [9.17, 15) is 0 Å². The second-order valence-corrected chi connectivity index (χ2v) is 4.46. The van der Waals surface area contributed by atoms with E-state index in [1.165, 1.54) is 0 Å². The number of nitrogen functional groups attached to an aromatic ring is 1. The van der Waals surface area contributed by atoms with Crippen LogP contribution in [0.4, 0.5) is 5.82 Å². The largest absolute Gasteiger partial charge is 0.396 e. The summed E-state index contributed by atoms with van der Waals surface area (Å²) in [6.07, 6.45) is 2.16. The average molecular weight is 221 g/mol. The maximum absolute atomic E-state index is 9.06. The van der Waals surface area contributed by atoms with Gasteiger partial charge >= 0.3 is 0 Å². The molecule has 1 aliphatic heterocycles. The Bertz CT molecular complexity index is 335. The molecule has 2 heterocycles. The summed E-state index contributed by atoms with van der Waals surface area (Å²) in [4.78, 5) is 6.66. The van der Waals surface area contributed by atoms with Crippen molar-refractivity contribution in [3.8, 4) is 0 Å². The molecule has 0 aromatic carbocycles. The predicted octanol–water partition coefficient (Wildman–Crippen LogP) is 0.868. The van der Waals surface area contributed by atoms with Crippen LogP contribution in [0.15, 0.2) is 18.2 Å². The molecule has 3 N–H and O–H groups in total. The smallest absolute Gasteiger partial charge is 0.123 e. The maximum Gasteiger partial charge on any atom is 0.123 e. The molecular formula is C12H19N3O. The first kappa shape index (κ1) is 11.4. The van der Waals surface area contributed by atoms with Gasteiger partial charge in [0.15, 0.2) is 0 Å². The number of aromatic nitrogens is 1. The lowest BCUT2D eigenvalue weighted by molar-refractivity contribution is 0.126. The van der Waals surface area contributed by atoms with Crippen molar-refractivity contribution in [3.05, 3.63) is 23.9 Å². The molecule has 0 spiro atoms. The first-order valence-corrected chi connectivity index (χ1v) is 5.82. The van der Waals surface area contributed by atoms with Gasteiger partial charge in [-0.2, -0.15) is 0 Å². The van der Waals surface area contributed by atoms with Gasteiger partial charge in [0, 0.05) is 13.2 Å². The maximum atomic E-state index is 9.06. The number of aliphatic hydroxyl groups excluding tert-OH is 1. The highest BCUT2D eigenvalue weighted by Gasteiger charge is 2.18. The fraction of sp³-hybridized carbons (Fsp3) is 0.583. The molecule has 16 heavy (non-hydrogen) atoms. The summed E-state index contributed by atoms with van der Waals surface area (Å²) in [5.74, 6) is 1.08. The molecule has 0 amide bonds. The van der Waals surface area contributed by atoms with E-state index in [-0.39, 0.29) is 0 Å². The average Bonchev–Trinajstić information content (AvgIpc) is 2.30. The summed E-state index contributed by atoms with van der Waals surface area (Å²) >= 11 is 0. The van der Waals surface area contributed by atoms with Crippen molar-refractivity contribution in [2.24, 2.45) is 5.92 Å². The van der Waals surface area contributed by atoms with Gasteiger partial charge in [0.25, 0.3) is 0 Å². The van der Waals surface area contributed by atoms with Gasteiger partial charge in [0.05, 0.1) is 5.69 Å². The molecule has 4 heteroatoms. The minimum Gasteiger partial charge on any atom is -0.396 e. The molecule has 1 fully saturated rings. The van der Waals surface area contributed by atoms with Crippen LogP contribution in [0.5, 0.6) is 0 Å². The first-order chi connectivity index (χ1) is 7.78. The Hall–Kier alpha value is -1.13. The summed E-state index contributed by atoms with van der Waals surface area (Å²) in [6, 6.07) is 5.76. The van der Waals surface area contributed by atoms with Gasteiger partial charge in [-0.1, -0.05) is 6.07 Å². The first-order valence-electron chi connectivity index (χ1n) is 5.82. The van der Waals surface area contributed by atoms with E-state index >= 15 is 0 Å². The summed E-state index contributed by atoms with van der Waals surface area (Å²) < 4.78 is 0. The highest BCUT2D eigenvalue weighted by atomic mass is 16.3. The summed E-state index contributed by atoms with van der Waals surface area (Å²) in [7, 11) is 0. The van der Waals surface area contributed by atoms with Crippen LogP contribution in [0.1, 0.15) is 18.5 Å². The lowest BCUT2D eigenvalue weighted by Crippen LogP contribution is -2.34. The third-order valence-electron chi connectivity index (χ3n) is 3.18. The number of nitrogens with zero attached hydrogens (tertiary/aromatic N) is 2. The number of aliphatic hydroxyl groups is 1. The van der Waals surface area contributed by atoms with Gasteiger partial charge < -0.3 is 10.8 Å². The second-order valence-electron chi connectivity index (χ2n) is 4.46. The van der Waals surface area contributed by atoms with Gasteiger partial charge in [-0.05, 0) is 44.0 Å². The Morgan fingerprint density at radius 1 is 1.38 bits per heavy atom. The third-order valence-corrected chi connectivity index (χ3v) is 3.18. The third kappa shape index (κ3) is 2.93. The van der Waals surface area contributed by atoms with Crippen molar-refractivity contribution in [3.63, 3.8) is 0 Å². The number of hydrogen-bond acceptors (Lipinski definition) is 4. The fourth-order valence-corrected chi connectivity index (χ4v) is 2.14. The molecule has 0 radical (unpaired) electrons. The fourth-order valence-electron chi connectivity index (χ4n) is 2.14. The Morgan fingerprint density at radius 2 is 2.12 bits per heavy atom. The van der Waals surface area contributed by atoms with E-state index in [4.69, 9.17) is 10.8 Å². The number of piperidine rings is 1.